The molecule has 0 aromatic carbocycles. The van der Waals surface area contributed by atoms with Crippen molar-refractivity contribution in [2.24, 2.45) is 0 Å². The van der Waals surface area contributed by atoms with Gasteiger partial charge in [-0.25, -0.2) is 0 Å². The Morgan fingerprint density at radius 1 is 0.467 bits per heavy atom. The number of aliphatic hydroxyl groups excluding tert-OH is 2. The first kappa shape index (κ1) is 58.1. The minimum Gasteiger partial charge on any atom is -0.466 e. The number of unbranched alkanes of at least 4 members (excludes halogenated alkanes) is 31. The molecule has 0 rings (SSSR count). The number of aliphatic hydroxyl groups is 2. The van der Waals surface area contributed by atoms with E-state index in [9.17, 15) is 19.8 Å². The van der Waals surface area contributed by atoms with Gasteiger partial charge in [-0.2, -0.15) is 0 Å². The van der Waals surface area contributed by atoms with Gasteiger partial charge in [-0.3, -0.25) is 9.59 Å². The predicted octanol–water partition coefficient (Wildman–Crippen LogP) is 15.7. The Hall–Kier alpha value is -1.92. The van der Waals surface area contributed by atoms with E-state index < -0.39 is 12.1 Å². The summed E-state index contributed by atoms with van der Waals surface area (Å²) in [6.07, 6.45) is 59.8. The van der Waals surface area contributed by atoms with Crippen LogP contribution in [0.4, 0.5) is 0 Å². The molecule has 3 N–H and O–H groups in total. The molecule has 0 spiro atoms. The van der Waals surface area contributed by atoms with Crippen LogP contribution < -0.4 is 5.32 Å². The number of nitrogens with one attached hydrogen (secondary N) is 1. The first-order chi connectivity index (χ1) is 29.5. The lowest BCUT2D eigenvalue weighted by Crippen LogP contribution is -2.45. The molecule has 0 aliphatic rings. The third kappa shape index (κ3) is 45.6. The Bertz CT molecular complexity index is 977. The summed E-state index contributed by atoms with van der Waals surface area (Å²) < 4.78 is 5.46. The van der Waals surface area contributed by atoms with E-state index in [2.05, 4.69) is 55.6 Å². The second-order valence-corrected chi connectivity index (χ2v) is 17.8. The molecule has 0 bridgehead atoms. The number of hydrogen-bond donors (Lipinski definition) is 3. The number of esters is 1. The third-order valence-corrected chi connectivity index (χ3v) is 11.9. The maximum absolute atomic E-state index is 12.4. The largest absolute Gasteiger partial charge is 0.466 e. The number of allylic oxidation sites excluding steroid dienone is 6. The van der Waals surface area contributed by atoms with Gasteiger partial charge in [0.15, 0.2) is 0 Å². The lowest BCUT2D eigenvalue weighted by Gasteiger charge is -2.22. The highest BCUT2D eigenvalue weighted by atomic mass is 16.5. The van der Waals surface area contributed by atoms with E-state index in [-0.39, 0.29) is 18.5 Å². The zero-order valence-corrected chi connectivity index (χ0v) is 39.9. The first-order valence-corrected chi connectivity index (χ1v) is 26.2. The normalized spacial score (nSPS) is 12.9. The molecule has 1 amide bonds. The topological polar surface area (TPSA) is 95.9 Å². The summed E-state index contributed by atoms with van der Waals surface area (Å²) in [5.41, 5.74) is 0. The van der Waals surface area contributed by atoms with Crippen LogP contribution in [0.5, 0.6) is 0 Å². The summed E-state index contributed by atoms with van der Waals surface area (Å²) in [4.78, 5) is 24.4. The summed E-state index contributed by atoms with van der Waals surface area (Å²) in [6.45, 7) is 4.88. The zero-order chi connectivity index (χ0) is 43.7. The van der Waals surface area contributed by atoms with Crippen LogP contribution in [-0.2, 0) is 14.3 Å². The lowest BCUT2D eigenvalue weighted by atomic mass is 10.0. The van der Waals surface area contributed by atoms with Crippen LogP contribution in [0.2, 0.25) is 0 Å². The molecule has 0 aliphatic heterocycles. The molecule has 0 aromatic rings. The van der Waals surface area contributed by atoms with Crippen molar-refractivity contribution in [3.63, 3.8) is 0 Å². The molecule has 2 unspecified atom stereocenters. The number of carbonyl (C=O) groups excluding carboxylic acids is 2. The monoisotopic (exact) mass is 844 g/mol. The van der Waals surface area contributed by atoms with Gasteiger partial charge in [0, 0.05) is 12.8 Å². The fourth-order valence-corrected chi connectivity index (χ4v) is 7.84. The molecule has 0 aromatic heterocycles. The first-order valence-electron chi connectivity index (χ1n) is 26.2. The van der Waals surface area contributed by atoms with Crippen molar-refractivity contribution in [1.29, 1.82) is 0 Å². The van der Waals surface area contributed by atoms with Crippen molar-refractivity contribution in [3.8, 4) is 0 Å². The third-order valence-electron chi connectivity index (χ3n) is 11.9. The average molecular weight is 844 g/mol. The molecule has 6 heteroatoms. The Kier molecular flexibility index (Phi) is 48.1. The van der Waals surface area contributed by atoms with E-state index in [1.807, 2.05) is 0 Å². The number of carbonyl (C=O) groups is 2. The number of rotatable bonds is 48. The summed E-state index contributed by atoms with van der Waals surface area (Å²) in [5.74, 6) is -0.0643. The van der Waals surface area contributed by atoms with E-state index in [0.29, 0.717) is 25.9 Å². The molecule has 352 valence electrons. The van der Waals surface area contributed by atoms with Crippen LogP contribution in [0.15, 0.2) is 36.5 Å². The second kappa shape index (κ2) is 49.7. The van der Waals surface area contributed by atoms with Crippen LogP contribution in [0.1, 0.15) is 271 Å². The molecule has 6 nitrogen and oxygen atoms in total. The van der Waals surface area contributed by atoms with Gasteiger partial charge >= 0.3 is 5.97 Å². The molecular weight excluding hydrogens is 743 g/mol. The molecule has 60 heavy (non-hydrogen) atoms. The van der Waals surface area contributed by atoms with Crippen LogP contribution in [0.3, 0.4) is 0 Å². The van der Waals surface area contributed by atoms with E-state index >= 15 is 0 Å². The Balaban J connectivity index is 3.44. The second-order valence-electron chi connectivity index (χ2n) is 17.8. The lowest BCUT2D eigenvalue weighted by molar-refractivity contribution is -0.143. The van der Waals surface area contributed by atoms with E-state index in [1.54, 1.807) is 0 Å². The van der Waals surface area contributed by atoms with Crippen molar-refractivity contribution < 1.29 is 24.5 Å². The van der Waals surface area contributed by atoms with Crippen molar-refractivity contribution >= 4 is 11.9 Å². The molecule has 0 heterocycles. The fraction of sp³-hybridized carbons (Fsp3) is 0.852. The van der Waals surface area contributed by atoms with Crippen LogP contribution in [0.25, 0.3) is 0 Å². The Morgan fingerprint density at radius 3 is 1.30 bits per heavy atom. The van der Waals surface area contributed by atoms with Crippen molar-refractivity contribution in [1.82, 2.24) is 5.32 Å². The number of ether oxygens (including phenoxy) is 1. The highest BCUT2D eigenvalue weighted by Crippen LogP contribution is 2.15. The maximum atomic E-state index is 12.4. The molecule has 0 aliphatic carbocycles. The number of amides is 1. The van der Waals surface area contributed by atoms with Gasteiger partial charge in [0.2, 0.25) is 5.91 Å². The van der Waals surface area contributed by atoms with Gasteiger partial charge < -0.3 is 20.3 Å². The van der Waals surface area contributed by atoms with E-state index in [1.165, 1.54) is 167 Å². The number of hydrogen-bond acceptors (Lipinski definition) is 5. The van der Waals surface area contributed by atoms with Gasteiger partial charge in [-0.1, -0.05) is 211 Å². The zero-order valence-electron chi connectivity index (χ0n) is 39.9. The Labute approximate surface area is 373 Å². The molecular formula is C54H101NO5. The summed E-state index contributed by atoms with van der Waals surface area (Å²) in [6, 6.07) is -0.550. The smallest absolute Gasteiger partial charge is 0.305 e. The predicted molar refractivity (Wildman–Crippen MR) is 259 cm³/mol. The Morgan fingerprint density at radius 2 is 0.833 bits per heavy atom. The summed E-state index contributed by atoms with van der Waals surface area (Å²) in [5, 5.41) is 23.1. The SMILES string of the molecule is CCCCCC/C=C\C/C=C\CCCCCCCC(=O)OCCCCCCCCCCC/C=C\CCCCCCCC(=O)NC(CO)C(O)CCCCCCCCCCC. The van der Waals surface area contributed by atoms with Gasteiger partial charge in [0.25, 0.3) is 0 Å². The van der Waals surface area contributed by atoms with Crippen LogP contribution >= 0.6 is 0 Å². The highest BCUT2D eigenvalue weighted by molar-refractivity contribution is 5.76. The molecule has 0 radical (unpaired) electrons. The molecule has 0 fully saturated rings. The van der Waals surface area contributed by atoms with Gasteiger partial charge in [0.05, 0.1) is 25.4 Å². The van der Waals surface area contributed by atoms with Crippen LogP contribution in [0, 0.1) is 0 Å². The quantitative estimate of drug-likeness (QED) is 0.0322. The van der Waals surface area contributed by atoms with Crippen molar-refractivity contribution in [2.75, 3.05) is 13.2 Å². The van der Waals surface area contributed by atoms with Crippen LogP contribution in [-0.4, -0.2) is 47.4 Å². The van der Waals surface area contributed by atoms with Gasteiger partial charge in [-0.05, 0) is 83.5 Å². The fourth-order valence-electron chi connectivity index (χ4n) is 7.84. The standard InChI is InChI=1S/C54H101NO5/c1-3-5-7-9-11-13-14-15-16-22-25-28-32-36-40-44-48-54(59)60-49-45-41-37-33-29-26-23-20-18-17-19-21-24-27-31-35-39-43-47-53(58)55-51(50-56)52(57)46-42-38-34-30-12-10-8-6-4-2/h13-14,16,19,21-22,51-52,56-57H,3-12,15,17-18,20,23-50H2,1-2H3,(H,55,58)/b14-13-,21-19-,22-16-. The van der Waals surface area contributed by atoms with E-state index in [4.69, 9.17) is 4.74 Å². The summed E-state index contributed by atoms with van der Waals surface area (Å²) in [7, 11) is 0. The van der Waals surface area contributed by atoms with Crippen molar-refractivity contribution in [2.45, 2.75) is 283 Å². The van der Waals surface area contributed by atoms with E-state index in [0.717, 1.165) is 70.6 Å². The minimum absolute atomic E-state index is 0.0112. The average Bonchev–Trinajstić information content (AvgIpc) is 3.25. The maximum Gasteiger partial charge on any atom is 0.305 e. The summed E-state index contributed by atoms with van der Waals surface area (Å²) >= 11 is 0. The minimum atomic E-state index is -0.671. The van der Waals surface area contributed by atoms with Gasteiger partial charge in [0.1, 0.15) is 0 Å². The molecule has 0 saturated heterocycles. The highest BCUT2D eigenvalue weighted by Gasteiger charge is 2.20. The van der Waals surface area contributed by atoms with Crippen molar-refractivity contribution in [3.05, 3.63) is 36.5 Å². The molecule has 0 saturated carbocycles. The van der Waals surface area contributed by atoms with Gasteiger partial charge in [-0.15, -0.1) is 0 Å². The molecule has 2 atom stereocenters.